The smallest absolute Gasteiger partial charge is 0.265 e. The van der Waals surface area contributed by atoms with E-state index in [0.717, 1.165) is 22.6 Å². The average Bonchev–Trinajstić information content (AvgIpc) is 2.94. The van der Waals surface area contributed by atoms with Crippen LogP contribution in [0.4, 0.5) is 0 Å². The van der Waals surface area contributed by atoms with Crippen LogP contribution < -0.4 is 0 Å². The first-order valence-corrected chi connectivity index (χ1v) is 8.05. The quantitative estimate of drug-likeness (QED) is 0.738. The summed E-state index contributed by atoms with van der Waals surface area (Å²) in [6.45, 7) is 6.32. The van der Waals surface area contributed by atoms with E-state index in [9.17, 15) is 9.59 Å². The molecule has 4 rings (SSSR count). The number of imide groups is 1. The van der Waals surface area contributed by atoms with Crippen molar-refractivity contribution in [2.75, 3.05) is 0 Å². The van der Waals surface area contributed by atoms with Gasteiger partial charge in [0, 0.05) is 17.3 Å². The van der Waals surface area contributed by atoms with Gasteiger partial charge in [-0.25, -0.2) is 4.90 Å². The third-order valence-corrected chi connectivity index (χ3v) is 5.12. The van der Waals surface area contributed by atoms with Gasteiger partial charge >= 0.3 is 0 Å². The minimum atomic E-state index is -0.255. The number of hydrogen-bond acceptors (Lipinski definition) is 3. The van der Waals surface area contributed by atoms with Crippen molar-refractivity contribution in [3.05, 3.63) is 70.6 Å². The Hall–Kier alpha value is -2.75. The van der Waals surface area contributed by atoms with Crippen LogP contribution in [0.2, 0.25) is 0 Å². The lowest BCUT2D eigenvalue weighted by molar-refractivity contribution is 0.0720. The number of carbonyl (C=O) groups is 2. The molecule has 2 aliphatic heterocycles. The highest BCUT2D eigenvalue weighted by Crippen LogP contribution is 2.43. The molecule has 2 heterocycles. The van der Waals surface area contributed by atoms with Crippen molar-refractivity contribution in [3.63, 3.8) is 0 Å². The van der Waals surface area contributed by atoms with E-state index in [4.69, 9.17) is 0 Å². The number of aliphatic imine (C=N–C) groups is 1. The molecule has 0 aromatic heterocycles. The summed E-state index contributed by atoms with van der Waals surface area (Å²) in [7, 11) is 0. The number of hydrogen-bond donors (Lipinski definition) is 0. The molecule has 3 aliphatic rings. The molecule has 0 radical (unpaired) electrons. The molecule has 4 nitrogen and oxygen atoms in total. The number of rotatable bonds is 1. The van der Waals surface area contributed by atoms with Gasteiger partial charge in [0.15, 0.2) is 0 Å². The number of nitrogens with zero attached hydrogens (tertiary/aromatic N) is 2. The summed E-state index contributed by atoms with van der Waals surface area (Å²) in [4.78, 5) is 30.8. The SMILES string of the molecule is CC1=NC2=CCC(=CN3C(=O)c4ccccc4C3=O)C=C2C1(C)C. The zero-order chi connectivity index (χ0) is 17.1. The largest absolute Gasteiger partial charge is 0.268 e. The maximum atomic E-state index is 12.5. The fourth-order valence-electron chi connectivity index (χ4n) is 3.35. The second kappa shape index (κ2) is 4.87. The van der Waals surface area contributed by atoms with Gasteiger partial charge in [-0.1, -0.05) is 38.1 Å². The molecule has 0 saturated heterocycles. The Morgan fingerprint density at radius 2 is 1.75 bits per heavy atom. The number of carbonyl (C=O) groups excluding carboxylic acids is 2. The molecule has 1 aromatic rings. The second-order valence-corrected chi connectivity index (χ2v) is 6.90. The molecule has 0 atom stereocenters. The van der Waals surface area contributed by atoms with Crippen LogP contribution in [0.15, 0.2) is 64.5 Å². The monoisotopic (exact) mass is 318 g/mol. The lowest BCUT2D eigenvalue weighted by Crippen LogP contribution is -2.24. The summed E-state index contributed by atoms with van der Waals surface area (Å²) in [6, 6.07) is 6.95. The van der Waals surface area contributed by atoms with Crippen LogP contribution in [0.5, 0.6) is 0 Å². The standard InChI is InChI=1S/C20H18N2O2/c1-12-20(2,3)16-10-13(8-9-17(16)21-12)11-22-18(23)14-6-4-5-7-15(14)19(22)24/h4-7,9-11H,8H2,1-3H3. The summed E-state index contributed by atoms with van der Waals surface area (Å²) >= 11 is 0. The van der Waals surface area contributed by atoms with E-state index in [1.807, 2.05) is 6.92 Å². The van der Waals surface area contributed by atoms with Crippen LogP contribution in [0.3, 0.4) is 0 Å². The van der Waals surface area contributed by atoms with E-state index in [0.29, 0.717) is 17.5 Å². The first kappa shape index (κ1) is 14.8. The van der Waals surface area contributed by atoms with Crippen LogP contribution in [0, 0.1) is 5.41 Å². The lowest BCUT2D eigenvalue weighted by atomic mass is 9.79. The predicted molar refractivity (Wildman–Crippen MR) is 92.7 cm³/mol. The fourth-order valence-corrected chi connectivity index (χ4v) is 3.35. The zero-order valence-electron chi connectivity index (χ0n) is 14.0. The molecular formula is C20H18N2O2. The van der Waals surface area contributed by atoms with E-state index < -0.39 is 0 Å². The molecule has 0 saturated carbocycles. The molecule has 2 amide bonds. The van der Waals surface area contributed by atoms with Crippen molar-refractivity contribution in [2.45, 2.75) is 27.2 Å². The van der Waals surface area contributed by atoms with Gasteiger partial charge in [0.2, 0.25) is 0 Å². The summed E-state index contributed by atoms with van der Waals surface area (Å²) in [5, 5.41) is 0. The Morgan fingerprint density at radius 3 is 2.38 bits per heavy atom. The molecule has 0 spiro atoms. The predicted octanol–water partition coefficient (Wildman–Crippen LogP) is 3.88. The zero-order valence-corrected chi connectivity index (χ0v) is 14.0. The Labute approximate surface area is 140 Å². The normalized spacial score (nSPS) is 23.0. The summed E-state index contributed by atoms with van der Waals surface area (Å²) in [5.41, 5.74) is 5.01. The van der Waals surface area contributed by atoms with Gasteiger partial charge < -0.3 is 0 Å². The van der Waals surface area contributed by atoms with Crippen molar-refractivity contribution in [1.82, 2.24) is 4.90 Å². The van der Waals surface area contributed by atoms with Crippen LogP contribution >= 0.6 is 0 Å². The van der Waals surface area contributed by atoms with Crippen molar-refractivity contribution >= 4 is 17.5 Å². The van der Waals surface area contributed by atoms with Gasteiger partial charge in [0.1, 0.15) is 0 Å². The third kappa shape index (κ3) is 1.96. The Morgan fingerprint density at radius 1 is 1.12 bits per heavy atom. The average molecular weight is 318 g/mol. The van der Waals surface area contributed by atoms with Crippen LogP contribution in [0.25, 0.3) is 0 Å². The van der Waals surface area contributed by atoms with E-state index in [2.05, 4.69) is 31.0 Å². The van der Waals surface area contributed by atoms with Gasteiger partial charge in [-0.05, 0) is 36.6 Å². The highest BCUT2D eigenvalue weighted by molar-refractivity contribution is 6.22. The molecule has 0 fully saturated rings. The van der Waals surface area contributed by atoms with Crippen molar-refractivity contribution < 1.29 is 9.59 Å². The van der Waals surface area contributed by atoms with Crippen molar-refractivity contribution in [2.24, 2.45) is 10.4 Å². The number of allylic oxidation sites excluding steroid dienone is 4. The molecule has 0 unspecified atom stereocenters. The van der Waals surface area contributed by atoms with Crippen LogP contribution in [-0.4, -0.2) is 22.4 Å². The number of amides is 2. The highest BCUT2D eigenvalue weighted by atomic mass is 16.2. The minimum absolute atomic E-state index is 0.118. The van der Waals surface area contributed by atoms with Crippen LogP contribution in [0.1, 0.15) is 47.9 Å². The van der Waals surface area contributed by atoms with Gasteiger partial charge in [-0.15, -0.1) is 0 Å². The molecule has 0 bridgehead atoms. The lowest BCUT2D eigenvalue weighted by Gasteiger charge is -2.23. The molecule has 1 aliphatic carbocycles. The Bertz CT molecular complexity index is 878. The fraction of sp³-hybridized carbons (Fsp3) is 0.250. The highest BCUT2D eigenvalue weighted by Gasteiger charge is 2.37. The molecular weight excluding hydrogens is 300 g/mol. The summed E-state index contributed by atoms with van der Waals surface area (Å²) in [5.74, 6) is -0.510. The third-order valence-electron chi connectivity index (χ3n) is 5.12. The summed E-state index contributed by atoms with van der Waals surface area (Å²) < 4.78 is 0. The Kier molecular flexibility index (Phi) is 3.01. The number of fused-ring (bicyclic) bond motifs is 2. The van der Waals surface area contributed by atoms with Gasteiger partial charge in [0.25, 0.3) is 11.8 Å². The molecule has 0 N–H and O–H groups in total. The molecule has 120 valence electrons. The first-order chi connectivity index (χ1) is 11.4. The van der Waals surface area contributed by atoms with E-state index in [1.165, 1.54) is 4.90 Å². The Balaban J connectivity index is 1.70. The molecule has 1 aromatic carbocycles. The first-order valence-electron chi connectivity index (χ1n) is 8.05. The maximum Gasteiger partial charge on any atom is 0.265 e. The second-order valence-electron chi connectivity index (χ2n) is 6.90. The van der Waals surface area contributed by atoms with Crippen molar-refractivity contribution in [3.8, 4) is 0 Å². The van der Waals surface area contributed by atoms with E-state index in [-0.39, 0.29) is 17.2 Å². The van der Waals surface area contributed by atoms with Gasteiger partial charge in [-0.2, -0.15) is 0 Å². The van der Waals surface area contributed by atoms with E-state index in [1.54, 1.807) is 30.5 Å². The van der Waals surface area contributed by atoms with Crippen LogP contribution in [-0.2, 0) is 0 Å². The molecule has 4 heteroatoms. The van der Waals surface area contributed by atoms with Crippen molar-refractivity contribution in [1.29, 1.82) is 0 Å². The van der Waals surface area contributed by atoms with Gasteiger partial charge in [-0.3, -0.25) is 14.6 Å². The minimum Gasteiger partial charge on any atom is -0.268 e. The number of benzene rings is 1. The maximum absolute atomic E-state index is 12.5. The summed E-state index contributed by atoms with van der Waals surface area (Å²) in [6.07, 6.45) is 6.48. The van der Waals surface area contributed by atoms with E-state index >= 15 is 0 Å². The van der Waals surface area contributed by atoms with Gasteiger partial charge in [0.05, 0.1) is 16.8 Å². The molecule has 24 heavy (non-hydrogen) atoms. The topological polar surface area (TPSA) is 49.7 Å².